The summed E-state index contributed by atoms with van der Waals surface area (Å²) >= 11 is 1.38. The van der Waals surface area contributed by atoms with Gasteiger partial charge in [-0.25, -0.2) is 4.39 Å². The molecule has 0 saturated carbocycles. The third-order valence-electron chi connectivity index (χ3n) is 2.26. The minimum Gasteiger partial charge on any atom is -0.396 e. The highest BCUT2D eigenvalue weighted by atomic mass is 32.1. The van der Waals surface area contributed by atoms with E-state index in [0.717, 1.165) is 4.88 Å². The normalized spacial score (nSPS) is 10.4. The first-order valence-electron chi connectivity index (χ1n) is 4.74. The third-order valence-corrected chi connectivity index (χ3v) is 3.26. The number of thiophene rings is 1. The van der Waals surface area contributed by atoms with Gasteiger partial charge in [0.1, 0.15) is 5.82 Å². The molecule has 0 aliphatic heterocycles. The van der Waals surface area contributed by atoms with Crippen LogP contribution in [-0.2, 0) is 0 Å². The lowest BCUT2D eigenvalue weighted by atomic mass is 10.1. The van der Waals surface area contributed by atoms with Crippen molar-refractivity contribution >= 4 is 22.8 Å². The molecule has 0 radical (unpaired) electrons. The SMILES string of the molecule is Cc1ccc(C(=O)c2cccc(F)c2N)s1. The average Bonchev–Trinajstić information content (AvgIpc) is 2.68. The van der Waals surface area contributed by atoms with Crippen LogP contribution in [-0.4, -0.2) is 5.78 Å². The van der Waals surface area contributed by atoms with Crippen molar-refractivity contribution in [2.24, 2.45) is 0 Å². The van der Waals surface area contributed by atoms with E-state index in [2.05, 4.69) is 0 Å². The number of nitrogen functional groups attached to an aromatic ring is 1. The minimum absolute atomic E-state index is 0.0847. The van der Waals surface area contributed by atoms with Crippen LogP contribution in [0.25, 0.3) is 0 Å². The fraction of sp³-hybridized carbons (Fsp3) is 0.0833. The maximum atomic E-state index is 13.2. The lowest BCUT2D eigenvalue weighted by molar-refractivity contribution is 0.104. The number of para-hydroxylation sites is 1. The first-order valence-corrected chi connectivity index (χ1v) is 5.56. The second-order valence-electron chi connectivity index (χ2n) is 3.44. The van der Waals surface area contributed by atoms with Crippen molar-refractivity contribution in [3.8, 4) is 0 Å². The van der Waals surface area contributed by atoms with E-state index in [-0.39, 0.29) is 17.0 Å². The Morgan fingerprint density at radius 1 is 1.31 bits per heavy atom. The molecule has 1 aromatic carbocycles. The van der Waals surface area contributed by atoms with Crippen molar-refractivity contribution in [3.05, 3.63) is 51.5 Å². The molecule has 0 saturated heterocycles. The van der Waals surface area contributed by atoms with E-state index in [1.54, 1.807) is 6.07 Å². The maximum Gasteiger partial charge on any atom is 0.205 e. The molecule has 0 aliphatic carbocycles. The molecule has 2 N–H and O–H groups in total. The highest BCUT2D eigenvalue weighted by Gasteiger charge is 2.15. The summed E-state index contributed by atoms with van der Waals surface area (Å²) in [6, 6.07) is 7.85. The Balaban J connectivity index is 2.45. The number of halogens is 1. The zero-order valence-corrected chi connectivity index (χ0v) is 9.48. The number of benzene rings is 1. The van der Waals surface area contributed by atoms with Crippen LogP contribution >= 0.6 is 11.3 Å². The van der Waals surface area contributed by atoms with E-state index < -0.39 is 5.82 Å². The number of hydrogen-bond donors (Lipinski definition) is 1. The second-order valence-corrected chi connectivity index (χ2v) is 4.73. The summed E-state index contributed by atoms with van der Waals surface area (Å²) in [5.74, 6) is -0.783. The van der Waals surface area contributed by atoms with Gasteiger partial charge in [0, 0.05) is 10.4 Å². The third kappa shape index (κ3) is 1.84. The first-order chi connectivity index (χ1) is 7.59. The van der Waals surface area contributed by atoms with Gasteiger partial charge >= 0.3 is 0 Å². The fourth-order valence-electron chi connectivity index (χ4n) is 1.42. The molecule has 0 atom stereocenters. The van der Waals surface area contributed by atoms with Crippen molar-refractivity contribution in [3.63, 3.8) is 0 Å². The summed E-state index contributed by atoms with van der Waals surface area (Å²) < 4.78 is 13.2. The zero-order chi connectivity index (χ0) is 11.7. The smallest absolute Gasteiger partial charge is 0.205 e. The van der Waals surface area contributed by atoms with Crippen molar-refractivity contribution in [1.29, 1.82) is 0 Å². The number of hydrogen-bond acceptors (Lipinski definition) is 3. The Hall–Kier alpha value is -1.68. The molecule has 2 rings (SSSR count). The standard InChI is InChI=1S/C12H10FNOS/c1-7-5-6-10(16-7)12(15)8-3-2-4-9(13)11(8)14/h2-6H,14H2,1H3. The lowest BCUT2D eigenvalue weighted by Crippen LogP contribution is -2.05. The van der Waals surface area contributed by atoms with Crippen LogP contribution in [0.5, 0.6) is 0 Å². The number of aryl methyl sites for hydroxylation is 1. The van der Waals surface area contributed by atoms with Crippen molar-refractivity contribution < 1.29 is 9.18 Å². The quantitative estimate of drug-likeness (QED) is 0.642. The van der Waals surface area contributed by atoms with E-state index in [9.17, 15) is 9.18 Å². The molecule has 0 fully saturated rings. The monoisotopic (exact) mass is 235 g/mol. The van der Waals surface area contributed by atoms with E-state index in [1.807, 2.05) is 13.0 Å². The molecule has 2 nitrogen and oxygen atoms in total. The predicted octanol–water partition coefficient (Wildman–Crippen LogP) is 3.01. The molecule has 82 valence electrons. The van der Waals surface area contributed by atoms with Gasteiger partial charge < -0.3 is 5.73 Å². The maximum absolute atomic E-state index is 13.2. The van der Waals surface area contributed by atoms with Gasteiger partial charge in [0.05, 0.1) is 10.6 Å². The number of carbonyl (C=O) groups excluding carboxylic acids is 1. The van der Waals surface area contributed by atoms with Gasteiger partial charge in [-0.05, 0) is 31.2 Å². The molecule has 2 aromatic rings. The number of carbonyl (C=O) groups is 1. The molecular weight excluding hydrogens is 225 g/mol. The summed E-state index contributed by atoms with van der Waals surface area (Å²) in [6.07, 6.45) is 0. The van der Waals surface area contributed by atoms with Crippen molar-refractivity contribution in [2.45, 2.75) is 6.92 Å². The van der Waals surface area contributed by atoms with Crippen LogP contribution in [0.15, 0.2) is 30.3 Å². The minimum atomic E-state index is -0.556. The highest BCUT2D eigenvalue weighted by molar-refractivity contribution is 7.14. The Morgan fingerprint density at radius 3 is 2.69 bits per heavy atom. The summed E-state index contributed by atoms with van der Waals surface area (Å²) in [5.41, 5.74) is 5.68. The Bertz CT molecular complexity index is 548. The fourth-order valence-corrected chi connectivity index (χ4v) is 2.25. The number of anilines is 1. The topological polar surface area (TPSA) is 43.1 Å². The Labute approximate surface area is 96.5 Å². The second kappa shape index (κ2) is 4.06. The molecule has 1 heterocycles. The van der Waals surface area contributed by atoms with Gasteiger partial charge in [0.25, 0.3) is 0 Å². The van der Waals surface area contributed by atoms with Gasteiger partial charge in [0.15, 0.2) is 0 Å². The van der Waals surface area contributed by atoms with Crippen LogP contribution in [0.1, 0.15) is 20.1 Å². The molecule has 16 heavy (non-hydrogen) atoms. The summed E-state index contributed by atoms with van der Waals surface area (Å²) in [6.45, 7) is 1.91. The molecule has 4 heteroatoms. The molecule has 0 bridgehead atoms. The van der Waals surface area contributed by atoms with Crippen LogP contribution in [0.2, 0.25) is 0 Å². The van der Waals surface area contributed by atoms with E-state index in [4.69, 9.17) is 5.73 Å². The van der Waals surface area contributed by atoms with Gasteiger partial charge in [-0.2, -0.15) is 0 Å². The van der Waals surface area contributed by atoms with Gasteiger partial charge in [-0.1, -0.05) is 6.07 Å². The Kier molecular flexibility index (Phi) is 2.75. The van der Waals surface area contributed by atoms with Gasteiger partial charge in [-0.3, -0.25) is 4.79 Å². The van der Waals surface area contributed by atoms with Gasteiger partial charge in [0.2, 0.25) is 5.78 Å². The van der Waals surface area contributed by atoms with Crippen molar-refractivity contribution in [2.75, 3.05) is 5.73 Å². The molecule has 0 spiro atoms. The Morgan fingerprint density at radius 2 is 2.06 bits per heavy atom. The predicted molar refractivity (Wildman–Crippen MR) is 63.3 cm³/mol. The lowest BCUT2D eigenvalue weighted by Gasteiger charge is -2.03. The zero-order valence-electron chi connectivity index (χ0n) is 8.66. The largest absolute Gasteiger partial charge is 0.396 e. The highest BCUT2D eigenvalue weighted by Crippen LogP contribution is 2.23. The summed E-state index contributed by atoms with van der Waals surface area (Å²) in [7, 11) is 0. The van der Waals surface area contributed by atoms with Crippen LogP contribution in [0.4, 0.5) is 10.1 Å². The number of nitrogens with two attached hydrogens (primary N) is 1. The van der Waals surface area contributed by atoms with Crippen LogP contribution < -0.4 is 5.73 Å². The van der Waals surface area contributed by atoms with E-state index in [0.29, 0.717) is 4.88 Å². The van der Waals surface area contributed by atoms with Crippen molar-refractivity contribution in [1.82, 2.24) is 0 Å². The van der Waals surface area contributed by atoms with E-state index >= 15 is 0 Å². The molecular formula is C12H10FNOS. The van der Waals surface area contributed by atoms with Crippen LogP contribution in [0, 0.1) is 12.7 Å². The molecule has 0 aliphatic rings. The number of ketones is 1. The molecule has 0 unspecified atom stereocenters. The molecule has 1 aromatic heterocycles. The average molecular weight is 235 g/mol. The first kappa shape index (κ1) is 10.8. The van der Waals surface area contributed by atoms with Crippen LogP contribution in [0.3, 0.4) is 0 Å². The summed E-state index contributed by atoms with van der Waals surface area (Å²) in [5, 5.41) is 0. The van der Waals surface area contributed by atoms with Gasteiger partial charge in [-0.15, -0.1) is 11.3 Å². The molecule has 0 amide bonds. The number of rotatable bonds is 2. The summed E-state index contributed by atoms with van der Waals surface area (Å²) in [4.78, 5) is 13.6. The van der Waals surface area contributed by atoms with E-state index in [1.165, 1.54) is 29.5 Å².